The van der Waals surface area contributed by atoms with Gasteiger partial charge in [-0.2, -0.15) is 5.10 Å². The van der Waals surface area contributed by atoms with Gasteiger partial charge < -0.3 is 28.4 Å². The van der Waals surface area contributed by atoms with Crippen LogP contribution in [-0.2, 0) is 4.79 Å². The lowest BCUT2D eigenvalue weighted by Crippen LogP contribution is -2.25. The molecule has 1 amide bonds. The van der Waals surface area contributed by atoms with Crippen molar-refractivity contribution in [3.8, 4) is 34.5 Å². The lowest BCUT2D eigenvalue weighted by Gasteiger charge is -2.14. The number of amides is 1. The number of para-hydroxylation sites is 1. The predicted octanol–water partition coefficient (Wildman–Crippen LogP) is 4.09. The van der Waals surface area contributed by atoms with E-state index in [0.717, 1.165) is 11.1 Å². The first kappa shape index (κ1) is 27.9. The molecule has 0 saturated carbocycles. The summed E-state index contributed by atoms with van der Waals surface area (Å²) in [5, 5.41) is 3.96. The first-order valence-electron chi connectivity index (χ1n) is 11.5. The van der Waals surface area contributed by atoms with Crippen LogP contribution in [0.3, 0.4) is 0 Å². The van der Waals surface area contributed by atoms with Gasteiger partial charge in [-0.05, 0) is 60.9 Å². The van der Waals surface area contributed by atoms with Gasteiger partial charge in [-0.15, -0.1) is 0 Å². The highest BCUT2D eigenvalue weighted by Crippen LogP contribution is 2.38. The van der Waals surface area contributed by atoms with Gasteiger partial charge in [0.25, 0.3) is 5.91 Å². The summed E-state index contributed by atoms with van der Waals surface area (Å²) in [6.07, 6.45) is 1.43. The SMILES string of the molecule is COc1cc(C=NNC(=O)COc2c(C)cccc2C)ccc1OC(=O)c1cc(OC)c(OC)c(OC)c1. The fraction of sp³-hybridized carbons (Fsp3) is 0.250. The molecular formula is C28H30N2O8. The molecule has 0 aromatic heterocycles. The molecule has 0 saturated heterocycles. The average Bonchev–Trinajstić information content (AvgIpc) is 2.92. The maximum Gasteiger partial charge on any atom is 0.343 e. The second-order valence-corrected chi connectivity index (χ2v) is 8.02. The van der Waals surface area contributed by atoms with Crippen LogP contribution in [-0.4, -0.2) is 53.1 Å². The Morgan fingerprint density at radius 3 is 2.00 bits per heavy atom. The standard InChI is InChI=1S/C28H30N2O8/c1-17-8-7-9-18(2)26(17)37-16-25(31)30-29-15-19-10-11-21(22(12-19)33-3)38-28(32)20-13-23(34-4)27(36-6)24(14-20)35-5/h7-15H,16H2,1-6H3,(H,30,31). The lowest BCUT2D eigenvalue weighted by molar-refractivity contribution is -0.123. The van der Waals surface area contributed by atoms with Crippen molar-refractivity contribution in [1.82, 2.24) is 5.43 Å². The maximum atomic E-state index is 12.8. The Kier molecular flexibility index (Phi) is 9.53. The maximum absolute atomic E-state index is 12.8. The minimum atomic E-state index is -0.653. The molecule has 3 rings (SSSR count). The monoisotopic (exact) mass is 522 g/mol. The van der Waals surface area contributed by atoms with Crippen LogP contribution in [0.1, 0.15) is 27.0 Å². The zero-order valence-corrected chi connectivity index (χ0v) is 22.1. The summed E-state index contributed by atoms with van der Waals surface area (Å²) in [5.41, 5.74) is 5.11. The van der Waals surface area contributed by atoms with Crippen molar-refractivity contribution in [3.05, 3.63) is 70.8 Å². The molecule has 0 aliphatic carbocycles. The molecule has 0 bridgehead atoms. The van der Waals surface area contributed by atoms with Crippen molar-refractivity contribution >= 4 is 18.1 Å². The number of hydrogen-bond donors (Lipinski definition) is 1. The van der Waals surface area contributed by atoms with Crippen molar-refractivity contribution in [2.75, 3.05) is 35.0 Å². The van der Waals surface area contributed by atoms with E-state index in [-0.39, 0.29) is 17.9 Å². The summed E-state index contributed by atoms with van der Waals surface area (Å²) in [6, 6.07) is 13.6. The van der Waals surface area contributed by atoms with Crippen LogP contribution >= 0.6 is 0 Å². The number of carbonyl (C=O) groups is 2. The summed E-state index contributed by atoms with van der Waals surface area (Å²) in [6.45, 7) is 3.65. The molecule has 0 unspecified atom stereocenters. The van der Waals surface area contributed by atoms with E-state index < -0.39 is 11.9 Å². The second kappa shape index (κ2) is 13.0. The van der Waals surface area contributed by atoms with Crippen LogP contribution in [0.25, 0.3) is 0 Å². The van der Waals surface area contributed by atoms with Crippen LogP contribution in [0.2, 0.25) is 0 Å². The summed E-state index contributed by atoms with van der Waals surface area (Å²) >= 11 is 0. The Morgan fingerprint density at radius 1 is 0.789 bits per heavy atom. The highest BCUT2D eigenvalue weighted by atomic mass is 16.6. The van der Waals surface area contributed by atoms with Crippen LogP contribution in [0.15, 0.2) is 53.6 Å². The van der Waals surface area contributed by atoms with Crippen LogP contribution in [0, 0.1) is 13.8 Å². The minimum Gasteiger partial charge on any atom is -0.493 e. The van der Waals surface area contributed by atoms with Gasteiger partial charge in [0.1, 0.15) is 5.75 Å². The highest BCUT2D eigenvalue weighted by molar-refractivity contribution is 5.93. The van der Waals surface area contributed by atoms with Crippen molar-refractivity contribution in [2.45, 2.75) is 13.8 Å². The quantitative estimate of drug-likeness (QED) is 0.173. The van der Waals surface area contributed by atoms with E-state index in [2.05, 4.69) is 10.5 Å². The zero-order chi connectivity index (χ0) is 27.7. The van der Waals surface area contributed by atoms with Crippen LogP contribution in [0.4, 0.5) is 0 Å². The summed E-state index contributed by atoms with van der Waals surface area (Å²) in [5.74, 6) is 1.09. The molecule has 0 aliphatic rings. The largest absolute Gasteiger partial charge is 0.493 e. The highest BCUT2D eigenvalue weighted by Gasteiger charge is 2.19. The number of aryl methyl sites for hydroxylation is 2. The number of methoxy groups -OCH3 is 4. The third kappa shape index (κ3) is 6.73. The number of esters is 1. The van der Waals surface area contributed by atoms with Gasteiger partial charge in [0.2, 0.25) is 5.75 Å². The van der Waals surface area contributed by atoms with Gasteiger partial charge in [0, 0.05) is 0 Å². The molecule has 3 aromatic rings. The van der Waals surface area contributed by atoms with Crippen molar-refractivity contribution < 1.29 is 38.0 Å². The molecule has 38 heavy (non-hydrogen) atoms. The zero-order valence-electron chi connectivity index (χ0n) is 22.1. The Bertz CT molecular complexity index is 1290. The Balaban J connectivity index is 1.65. The summed E-state index contributed by atoms with van der Waals surface area (Å²) in [4.78, 5) is 25.0. The van der Waals surface area contributed by atoms with Crippen molar-refractivity contribution in [1.29, 1.82) is 0 Å². The van der Waals surface area contributed by atoms with Crippen molar-refractivity contribution in [2.24, 2.45) is 5.10 Å². The Morgan fingerprint density at radius 2 is 1.42 bits per heavy atom. The van der Waals surface area contributed by atoms with E-state index in [0.29, 0.717) is 34.3 Å². The molecule has 0 aliphatic heterocycles. The Labute approximate surface area is 221 Å². The van der Waals surface area contributed by atoms with Gasteiger partial charge in [0.15, 0.2) is 29.6 Å². The number of nitrogens with zero attached hydrogens (tertiary/aromatic N) is 1. The first-order chi connectivity index (χ1) is 18.3. The lowest BCUT2D eigenvalue weighted by atomic mass is 10.1. The number of carbonyl (C=O) groups excluding carboxylic acids is 2. The number of nitrogens with one attached hydrogen (secondary N) is 1. The topological polar surface area (TPSA) is 114 Å². The van der Waals surface area contributed by atoms with E-state index in [1.165, 1.54) is 46.8 Å². The molecule has 200 valence electrons. The smallest absolute Gasteiger partial charge is 0.343 e. The van der Waals surface area contributed by atoms with Gasteiger partial charge >= 0.3 is 5.97 Å². The molecular weight excluding hydrogens is 492 g/mol. The molecule has 0 spiro atoms. The molecule has 0 radical (unpaired) electrons. The van der Waals surface area contributed by atoms with Gasteiger partial charge in [-0.3, -0.25) is 4.79 Å². The molecule has 0 atom stereocenters. The van der Waals surface area contributed by atoms with Crippen molar-refractivity contribution in [3.63, 3.8) is 0 Å². The van der Waals surface area contributed by atoms with Gasteiger partial charge in [-0.1, -0.05) is 18.2 Å². The van der Waals surface area contributed by atoms with E-state index in [1.54, 1.807) is 18.2 Å². The molecule has 1 N–H and O–H groups in total. The van der Waals surface area contributed by atoms with E-state index >= 15 is 0 Å². The number of hydrazone groups is 1. The predicted molar refractivity (Wildman–Crippen MR) is 141 cm³/mol. The second-order valence-electron chi connectivity index (χ2n) is 8.02. The van der Waals surface area contributed by atoms with E-state index in [9.17, 15) is 9.59 Å². The van der Waals surface area contributed by atoms with Gasteiger partial charge in [-0.25, -0.2) is 10.2 Å². The molecule has 0 fully saturated rings. The average molecular weight is 523 g/mol. The number of hydrogen-bond acceptors (Lipinski definition) is 9. The summed E-state index contributed by atoms with van der Waals surface area (Å²) < 4.78 is 32.4. The normalized spacial score (nSPS) is 10.6. The van der Waals surface area contributed by atoms with Crippen LogP contribution < -0.4 is 33.8 Å². The first-order valence-corrected chi connectivity index (χ1v) is 11.5. The molecule has 10 heteroatoms. The number of rotatable bonds is 11. The van der Waals surface area contributed by atoms with E-state index in [1.807, 2.05) is 32.0 Å². The van der Waals surface area contributed by atoms with Gasteiger partial charge in [0.05, 0.1) is 40.2 Å². The Hall–Kier alpha value is -4.73. The fourth-order valence-corrected chi connectivity index (χ4v) is 3.58. The summed E-state index contributed by atoms with van der Waals surface area (Å²) in [7, 11) is 5.83. The number of benzene rings is 3. The molecule has 3 aromatic carbocycles. The number of ether oxygens (including phenoxy) is 6. The third-order valence-corrected chi connectivity index (χ3v) is 5.45. The molecule has 0 heterocycles. The van der Waals surface area contributed by atoms with Crippen LogP contribution in [0.5, 0.6) is 34.5 Å². The fourth-order valence-electron chi connectivity index (χ4n) is 3.58. The molecule has 10 nitrogen and oxygen atoms in total. The third-order valence-electron chi connectivity index (χ3n) is 5.45. The van der Waals surface area contributed by atoms with E-state index in [4.69, 9.17) is 28.4 Å². The minimum absolute atomic E-state index is 0.178.